The standard InChI is InChI=1S/C15H22N2O/c1-16-10-5-8-15(18)17-11-9-14(12-17)13-6-3-2-4-7-13/h2-4,6-7,14,16H,5,8-12H2,1H3. The Bertz CT molecular complexity index is 377. The second-order valence-corrected chi connectivity index (χ2v) is 4.94. The molecule has 18 heavy (non-hydrogen) atoms. The third-order valence-corrected chi connectivity index (χ3v) is 3.63. The van der Waals surface area contributed by atoms with Crippen LogP contribution in [0.1, 0.15) is 30.7 Å². The van der Waals surface area contributed by atoms with Gasteiger partial charge in [-0.15, -0.1) is 0 Å². The predicted octanol–water partition coefficient (Wildman–Crippen LogP) is 2.00. The number of hydrogen-bond donors (Lipinski definition) is 1. The molecule has 1 heterocycles. The van der Waals surface area contributed by atoms with Gasteiger partial charge in [0, 0.05) is 25.4 Å². The van der Waals surface area contributed by atoms with E-state index >= 15 is 0 Å². The van der Waals surface area contributed by atoms with Crippen molar-refractivity contribution in [2.24, 2.45) is 0 Å². The maximum atomic E-state index is 12.0. The number of carbonyl (C=O) groups is 1. The number of benzene rings is 1. The van der Waals surface area contributed by atoms with Crippen LogP contribution in [0.15, 0.2) is 30.3 Å². The first-order valence-corrected chi connectivity index (χ1v) is 6.78. The molecule has 1 aromatic carbocycles. The Morgan fingerprint density at radius 1 is 1.39 bits per heavy atom. The van der Waals surface area contributed by atoms with Crippen LogP contribution in [-0.4, -0.2) is 37.5 Å². The van der Waals surface area contributed by atoms with E-state index in [-0.39, 0.29) is 0 Å². The van der Waals surface area contributed by atoms with E-state index in [9.17, 15) is 4.79 Å². The minimum absolute atomic E-state index is 0.309. The molecule has 0 radical (unpaired) electrons. The first-order valence-electron chi connectivity index (χ1n) is 6.78. The quantitative estimate of drug-likeness (QED) is 0.806. The maximum absolute atomic E-state index is 12.0. The molecule has 0 spiro atoms. The molecule has 1 atom stereocenters. The molecule has 0 saturated carbocycles. The van der Waals surface area contributed by atoms with Gasteiger partial charge >= 0.3 is 0 Å². The van der Waals surface area contributed by atoms with Gasteiger partial charge in [-0.05, 0) is 32.0 Å². The van der Waals surface area contributed by atoms with Gasteiger partial charge in [-0.1, -0.05) is 30.3 Å². The third kappa shape index (κ3) is 3.33. The Morgan fingerprint density at radius 2 is 2.17 bits per heavy atom. The summed E-state index contributed by atoms with van der Waals surface area (Å²) in [4.78, 5) is 14.0. The molecule has 1 aliphatic heterocycles. The highest BCUT2D eigenvalue weighted by Crippen LogP contribution is 2.27. The lowest BCUT2D eigenvalue weighted by Gasteiger charge is -2.16. The van der Waals surface area contributed by atoms with E-state index < -0.39 is 0 Å². The summed E-state index contributed by atoms with van der Waals surface area (Å²) >= 11 is 0. The van der Waals surface area contributed by atoms with Crippen molar-refractivity contribution in [1.82, 2.24) is 10.2 Å². The molecule has 1 amide bonds. The smallest absolute Gasteiger partial charge is 0.222 e. The molecule has 1 fully saturated rings. The van der Waals surface area contributed by atoms with Crippen molar-refractivity contribution in [2.75, 3.05) is 26.7 Å². The number of amides is 1. The zero-order valence-corrected chi connectivity index (χ0v) is 11.1. The van der Waals surface area contributed by atoms with E-state index in [0.29, 0.717) is 18.2 Å². The summed E-state index contributed by atoms with van der Waals surface area (Å²) in [6.45, 7) is 2.72. The average molecular weight is 246 g/mol. The van der Waals surface area contributed by atoms with Crippen molar-refractivity contribution in [2.45, 2.75) is 25.2 Å². The number of hydrogen-bond acceptors (Lipinski definition) is 2. The first kappa shape index (κ1) is 13.1. The van der Waals surface area contributed by atoms with Crippen molar-refractivity contribution < 1.29 is 4.79 Å². The van der Waals surface area contributed by atoms with Crippen LogP contribution < -0.4 is 5.32 Å². The normalized spacial score (nSPS) is 19.2. The molecule has 0 aromatic heterocycles. The topological polar surface area (TPSA) is 32.3 Å². The minimum Gasteiger partial charge on any atom is -0.342 e. The van der Waals surface area contributed by atoms with Gasteiger partial charge in [0.15, 0.2) is 0 Å². The summed E-state index contributed by atoms with van der Waals surface area (Å²) in [5, 5.41) is 3.08. The van der Waals surface area contributed by atoms with Crippen LogP contribution in [0, 0.1) is 0 Å². The van der Waals surface area contributed by atoms with Gasteiger partial charge in [-0.25, -0.2) is 0 Å². The molecule has 1 N–H and O–H groups in total. The van der Waals surface area contributed by atoms with Crippen LogP contribution in [0.4, 0.5) is 0 Å². The largest absolute Gasteiger partial charge is 0.342 e. The number of rotatable bonds is 5. The molecule has 1 aliphatic rings. The number of nitrogens with one attached hydrogen (secondary N) is 1. The zero-order valence-electron chi connectivity index (χ0n) is 11.1. The molecular weight excluding hydrogens is 224 g/mol. The summed E-state index contributed by atoms with van der Waals surface area (Å²) in [7, 11) is 1.92. The van der Waals surface area contributed by atoms with Gasteiger partial charge < -0.3 is 10.2 Å². The van der Waals surface area contributed by atoms with Crippen LogP contribution in [0.25, 0.3) is 0 Å². The summed E-state index contributed by atoms with van der Waals surface area (Å²) in [5.41, 5.74) is 1.36. The third-order valence-electron chi connectivity index (χ3n) is 3.63. The van der Waals surface area contributed by atoms with Gasteiger partial charge in [-0.3, -0.25) is 4.79 Å². The van der Waals surface area contributed by atoms with Gasteiger partial charge in [0.05, 0.1) is 0 Å². The fourth-order valence-corrected chi connectivity index (χ4v) is 2.56. The molecule has 1 saturated heterocycles. The fraction of sp³-hybridized carbons (Fsp3) is 0.533. The van der Waals surface area contributed by atoms with Gasteiger partial charge in [0.1, 0.15) is 0 Å². The Balaban J connectivity index is 1.83. The molecule has 2 rings (SSSR count). The van der Waals surface area contributed by atoms with E-state index in [4.69, 9.17) is 0 Å². The zero-order chi connectivity index (χ0) is 12.8. The molecule has 3 heteroatoms. The van der Waals surface area contributed by atoms with Crippen molar-refractivity contribution in [3.63, 3.8) is 0 Å². The van der Waals surface area contributed by atoms with E-state index in [1.165, 1.54) is 5.56 Å². The monoisotopic (exact) mass is 246 g/mol. The van der Waals surface area contributed by atoms with E-state index in [1.54, 1.807) is 0 Å². The number of likely N-dealkylation sites (tertiary alicyclic amines) is 1. The van der Waals surface area contributed by atoms with Crippen LogP contribution in [0.5, 0.6) is 0 Å². The van der Waals surface area contributed by atoms with Crippen molar-refractivity contribution in [1.29, 1.82) is 0 Å². The van der Waals surface area contributed by atoms with Crippen molar-refractivity contribution in [3.05, 3.63) is 35.9 Å². The predicted molar refractivity (Wildman–Crippen MR) is 73.5 cm³/mol. The van der Waals surface area contributed by atoms with Crippen molar-refractivity contribution in [3.8, 4) is 0 Å². The first-order chi connectivity index (χ1) is 8.81. The molecule has 1 unspecified atom stereocenters. The van der Waals surface area contributed by atoms with Crippen molar-refractivity contribution >= 4 is 5.91 Å². The van der Waals surface area contributed by atoms with Crippen LogP contribution in [0.3, 0.4) is 0 Å². The van der Waals surface area contributed by atoms with Gasteiger partial charge in [-0.2, -0.15) is 0 Å². The molecule has 3 nitrogen and oxygen atoms in total. The minimum atomic E-state index is 0.309. The van der Waals surface area contributed by atoms with E-state index in [0.717, 1.165) is 32.5 Å². The number of nitrogens with zero attached hydrogens (tertiary/aromatic N) is 1. The lowest BCUT2D eigenvalue weighted by Crippen LogP contribution is -2.28. The van der Waals surface area contributed by atoms with Gasteiger partial charge in [0.25, 0.3) is 0 Å². The van der Waals surface area contributed by atoms with Crippen LogP contribution in [0.2, 0.25) is 0 Å². The van der Waals surface area contributed by atoms with Gasteiger partial charge in [0.2, 0.25) is 5.91 Å². The Morgan fingerprint density at radius 3 is 2.89 bits per heavy atom. The van der Waals surface area contributed by atoms with E-state index in [2.05, 4.69) is 29.6 Å². The molecule has 1 aromatic rings. The SMILES string of the molecule is CNCCCC(=O)N1CCC(c2ccccc2)C1. The highest BCUT2D eigenvalue weighted by Gasteiger charge is 2.26. The highest BCUT2D eigenvalue weighted by molar-refractivity contribution is 5.76. The summed E-state index contributed by atoms with van der Waals surface area (Å²) in [6.07, 6.45) is 2.70. The highest BCUT2D eigenvalue weighted by atomic mass is 16.2. The summed E-state index contributed by atoms with van der Waals surface area (Å²) in [5.74, 6) is 0.836. The summed E-state index contributed by atoms with van der Waals surface area (Å²) in [6, 6.07) is 10.5. The summed E-state index contributed by atoms with van der Waals surface area (Å²) < 4.78 is 0. The second-order valence-electron chi connectivity index (χ2n) is 4.94. The van der Waals surface area contributed by atoms with E-state index in [1.807, 2.05) is 18.0 Å². The second kappa shape index (κ2) is 6.55. The lowest BCUT2D eigenvalue weighted by molar-refractivity contribution is -0.130. The lowest BCUT2D eigenvalue weighted by atomic mass is 9.99. The fourth-order valence-electron chi connectivity index (χ4n) is 2.56. The molecule has 0 aliphatic carbocycles. The molecule has 0 bridgehead atoms. The van der Waals surface area contributed by atoms with Crippen LogP contribution in [-0.2, 0) is 4.79 Å². The Kier molecular flexibility index (Phi) is 4.76. The molecule has 98 valence electrons. The van der Waals surface area contributed by atoms with Crippen LogP contribution >= 0.6 is 0 Å². The molecular formula is C15H22N2O. The Hall–Kier alpha value is -1.35. The number of carbonyl (C=O) groups excluding carboxylic acids is 1. The maximum Gasteiger partial charge on any atom is 0.222 e. The Labute approximate surface area is 109 Å². The average Bonchev–Trinajstić information content (AvgIpc) is 2.89.